The van der Waals surface area contributed by atoms with Gasteiger partial charge < -0.3 is 21.3 Å². The minimum absolute atomic E-state index is 0.0386. The van der Waals surface area contributed by atoms with Gasteiger partial charge in [-0.1, -0.05) is 6.92 Å². The second kappa shape index (κ2) is 10.9. The van der Waals surface area contributed by atoms with E-state index in [2.05, 4.69) is 20.5 Å². The number of hydrogen-bond donors (Lipinski definition) is 3. The Morgan fingerprint density at radius 1 is 1.30 bits per heavy atom. The highest BCUT2D eigenvalue weighted by Gasteiger charge is 2.23. The lowest BCUT2D eigenvalue weighted by molar-refractivity contribution is -0.121. The van der Waals surface area contributed by atoms with Crippen molar-refractivity contribution in [3.05, 3.63) is 0 Å². The fourth-order valence-electron chi connectivity index (χ4n) is 2.75. The Morgan fingerprint density at radius 3 is 2.74 bits per heavy atom. The summed E-state index contributed by atoms with van der Waals surface area (Å²) in [6.45, 7) is 7.71. The van der Waals surface area contributed by atoms with Gasteiger partial charge in [-0.05, 0) is 32.1 Å². The Balaban J connectivity index is 2.53. The number of likely N-dealkylation sites (tertiary alicyclic amines) is 1. The third-order valence-electron chi connectivity index (χ3n) is 3.82. The van der Waals surface area contributed by atoms with E-state index in [0.29, 0.717) is 25.9 Å². The highest BCUT2D eigenvalue weighted by atomic mass is 16.1. The molecular weight excluding hydrogens is 294 g/mol. The van der Waals surface area contributed by atoms with Crippen LogP contribution in [0.3, 0.4) is 0 Å². The lowest BCUT2D eigenvalue weighted by Gasteiger charge is -2.34. The number of primary amides is 1. The van der Waals surface area contributed by atoms with Crippen LogP contribution in [0.5, 0.6) is 0 Å². The van der Waals surface area contributed by atoms with Gasteiger partial charge in [0.05, 0.1) is 6.54 Å². The number of nitrogens with two attached hydrogens (primary N) is 1. The molecule has 0 aromatic carbocycles. The lowest BCUT2D eigenvalue weighted by atomic mass is 9.95. The fraction of sp³-hybridized carbons (Fsp3) is 0.812. The molecule has 1 saturated heterocycles. The molecule has 2 amide bonds. The van der Waals surface area contributed by atoms with E-state index in [1.54, 1.807) is 0 Å². The molecule has 7 nitrogen and oxygen atoms in total. The number of amides is 2. The molecule has 7 heteroatoms. The van der Waals surface area contributed by atoms with Crippen molar-refractivity contribution >= 4 is 17.8 Å². The predicted molar refractivity (Wildman–Crippen MR) is 92.0 cm³/mol. The predicted octanol–water partition coefficient (Wildman–Crippen LogP) is 0.456. The van der Waals surface area contributed by atoms with E-state index in [1.807, 2.05) is 13.8 Å². The summed E-state index contributed by atoms with van der Waals surface area (Å²) in [5.74, 6) is 0.908. The van der Waals surface area contributed by atoms with Crippen molar-refractivity contribution in [3.63, 3.8) is 0 Å². The summed E-state index contributed by atoms with van der Waals surface area (Å²) in [4.78, 5) is 29.5. The molecule has 1 aliphatic heterocycles. The second-order valence-electron chi connectivity index (χ2n) is 5.96. The SMILES string of the molecule is CCCNC(=O)CCN=C(NCC)N1CCCC(CC(N)=O)C1. The molecule has 1 rings (SSSR count). The molecule has 1 atom stereocenters. The zero-order valence-electron chi connectivity index (χ0n) is 14.4. The van der Waals surface area contributed by atoms with E-state index in [1.165, 1.54) is 0 Å². The number of nitrogens with one attached hydrogen (secondary N) is 2. The molecule has 0 bridgehead atoms. The van der Waals surface area contributed by atoms with Crippen LogP contribution in [0.25, 0.3) is 0 Å². The van der Waals surface area contributed by atoms with Crippen LogP contribution in [0.2, 0.25) is 0 Å². The number of piperidine rings is 1. The number of hydrogen-bond acceptors (Lipinski definition) is 3. The highest BCUT2D eigenvalue weighted by Crippen LogP contribution is 2.19. The number of carbonyl (C=O) groups is 2. The monoisotopic (exact) mass is 325 g/mol. The first kappa shape index (κ1) is 19.3. The van der Waals surface area contributed by atoms with Gasteiger partial charge in [0, 0.05) is 39.0 Å². The Bertz CT molecular complexity index is 411. The van der Waals surface area contributed by atoms with E-state index in [-0.39, 0.29) is 17.7 Å². The highest BCUT2D eigenvalue weighted by molar-refractivity contribution is 5.81. The Kier molecular flexibility index (Phi) is 9.09. The average Bonchev–Trinajstić information content (AvgIpc) is 2.51. The molecule has 1 unspecified atom stereocenters. The van der Waals surface area contributed by atoms with E-state index in [4.69, 9.17) is 5.73 Å². The van der Waals surface area contributed by atoms with Crippen LogP contribution in [0.15, 0.2) is 4.99 Å². The molecule has 0 radical (unpaired) electrons. The van der Waals surface area contributed by atoms with Crippen molar-refractivity contribution in [2.75, 3.05) is 32.7 Å². The fourth-order valence-corrected chi connectivity index (χ4v) is 2.75. The van der Waals surface area contributed by atoms with Gasteiger partial charge in [0.25, 0.3) is 0 Å². The first-order chi connectivity index (χ1) is 11.1. The van der Waals surface area contributed by atoms with Gasteiger partial charge in [-0.15, -0.1) is 0 Å². The first-order valence-electron chi connectivity index (χ1n) is 8.65. The summed E-state index contributed by atoms with van der Waals surface area (Å²) in [6.07, 6.45) is 3.81. The van der Waals surface area contributed by atoms with E-state index >= 15 is 0 Å². The zero-order chi connectivity index (χ0) is 17.1. The summed E-state index contributed by atoms with van der Waals surface area (Å²) in [5, 5.41) is 6.12. The van der Waals surface area contributed by atoms with Gasteiger partial charge in [-0.2, -0.15) is 0 Å². The maximum Gasteiger partial charge on any atom is 0.221 e. The van der Waals surface area contributed by atoms with Crippen LogP contribution in [0.4, 0.5) is 0 Å². The van der Waals surface area contributed by atoms with Gasteiger partial charge in [0.1, 0.15) is 0 Å². The maximum atomic E-state index is 11.6. The molecule has 132 valence electrons. The summed E-state index contributed by atoms with van der Waals surface area (Å²) in [7, 11) is 0. The number of rotatable bonds is 8. The van der Waals surface area contributed by atoms with Gasteiger partial charge in [-0.25, -0.2) is 0 Å². The molecule has 0 aromatic heterocycles. The van der Waals surface area contributed by atoms with Gasteiger partial charge >= 0.3 is 0 Å². The second-order valence-corrected chi connectivity index (χ2v) is 5.96. The summed E-state index contributed by atoms with van der Waals surface area (Å²) < 4.78 is 0. The molecule has 23 heavy (non-hydrogen) atoms. The molecule has 0 saturated carbocycles. The Hall–Kier alpha value is -1.79. The molecule has 1 aliphatic rings. The number of nitrogens with zero attached hydrogens (tertiary/aromatic N) is 2. The minimum Gasteiger partial charge on any atom is -0.370 e. The summed E-state index contributed by atoms with van der Waals surface area (Å²) >= 11 is 0. The topological polar surface area (TPSA) is 99.8 Å². The smallest absolute Gasteiger partial charge is 0.221 e. The first-order valence-corrected chi connectivity index (χ1v) is 8.65. The molecule has 0 aliphatic carbocycles. The normalized spacial score (nSPS) is 18.6. The van der Waals surface area contributed by atoms with Crippen LogP contribution in [-0.4, -0.2) is 55.4 Å². The molecule has 0 aromatic rings. The maximum absolute atomic E-state index is 11.6. The minimum atomic E-state index is -0.244. The van der Waals surface area contributed by atoms with Crippen molar-refractivity contribution in [3.8, 4) is 0 Å². The van der Waals surface area contributed by atoms with Crippen LogP contribution >= 0.6 is 0 Å². The summed E-state index contributed by atoms with van der Waals surface area (Å²) in [5.41, 5.74) is 5.31. The van der Waals surface area contributed by atoms with Crippen molar-refractivity contribution < 1.29 is 9.59 Å². The number of guanidine groups is 1. The molecule has 1 fully saturated rings. The quantitative estimate of drug-likeness (QED) is 0.446. The standard InChI is InChI=1S/C16H31N5O2/c1-3-8-19-15(23)7-9-20-16(18-4-2)21-10-5-6-13(12-21)11-14(17)22/h13H,3-12H2,1-2H3,(H2,17,22)(H,18,20)(H,19,23). The Morgan fingerprint density at radius 2 is 2.09 bits per heavy atom. The van der Waals surface area contributed by atoms with E-state index < -0.39 is 0 Å². The van der Waals surface area contributed by atoms with Gasteiger partial charge in [0.15, 0.2) is 5.96 Å². The third-order valence-corrected chi connectivity index (χ3v) is 3.82. The van der Waals surface area contributed by atoms with Crippen LogP contribution in [0, 0.1) is 5.92 Å². The van der Waals surface area contributed by atoms with Crippen LogP contribution < -0.4 is 16.4 Å². The zero-order valence-corrected chi connectivity index (χ0v) is 14.4. The molecule has 0 spiro atoms. The van der Waals surface area contributed by atoms with Crippen molar-refractivity contribution in [2.24, 2.45) is 16.6 Å². The average molecular weight is 325 g/mol. The van der Waals surface area contributed by atoms with Gasteiger partial charge in [0.2, 0.25) is 11.8 Å². The van der Waals surface area contributed by atoms with Crippen LogP contribution in [-0.2, 0) is 9.59 Å². The van der Waals surface area contributed by atoms with Crippen LogP contribution in [0.1, 0.15) is 46.0 Å². The van der Waals surface area contributed by atoms with E-state index in [0.717, 1.165) is 44.9 Å². The molecule has 4 N–H and O–H groups in total. The lowest BCUT2D eigenvalue weighted by Crippen LogP contribution is -2.47. The number of carbonyl (C=O) groups excluding carboxylic acids is 2. The van der Waals surface area contributed by atoms with Crippen molar-refractivity contribution in [2.45, 2.75) is 46.0 Å². The van der Waals surface area contributed by atoms with Crippen molar-refractivity contribution in [1.82, 2.24) is 15.5 Å². The van der Waals surface area contributed by atoms with Crippen molar-refractivity contribution in [1.29, 1.82) is 0 Å². The van der Waals surface area contributed by atoms with Gasteiger partial charge in [-0.3, -0.25) is 14.6 Å². The largest absolute Gasteiger partial charge is 0.370 e. The van der Waals surface area contributed by atoms with E-state index in [9.17, 15) is 9.59 Å². The third kappa shape index (κ3) is 7.85. The number of aliphatic imine (C=N–C) groups is 1. The molecular formula is C16H31N5O2. The molecule has 1 heterocycles. The Labute approximate surface area is 139 Å². The summed E-state index contributed by atoms with van der Waals surface area (Å²) in [6, 6.07) is 0.